The van der Waals surface area contributed by atoms with Crippen LogP contribution in [0, 0.1) is 0 Å². The van der Waals surface area contributed by atoms with Crippen LogP contribution in [0.1, 0.15) is 25.5 Å². The summed E-state index contributed by atoms with van der Waals surface area (Å²) >= 11 is 0. The Morgan fingerprint density at radius 3 is 2.87 bits per heavy atom. The van der Waals surface area contributed by atoms with Gasteiger partial charge in [-0.25, -0.2) is 15.0 Å². The summed E-state index contributed by atoms with van der Waals surface area (Å²) in [5.74, 6) is 1.92. The molecule has 0 bridgehead atoms. The number of fused-ring (bicyclic) bond motifs is 2. The molecule has 1 aliphatic carbocycles. The molecule has 1 aliphatic heterocycles. The Hall–Kier alpha value is -4.22. The van der Waals surface area contributed by atoms with Crippen molar-refractivity contribution in [2.75, 3.05) is 17.7 Å². The minimum Gasteiger partial charge on any atom is -0.491 e. The third-order valence-corrected chi connectivity index (χ3v) is 7.15. The van der Waals surface area contributed by atoms with E-state index < -0.39 is 18.4 Å². The highest BCUT2D eigenvalue weighted by atomic mass is 16.6. The van der Waals surface area contributed by atoms with Crippen molar-refractivity contribution in [2.24, 2.45) is 7.05 Å². The molecule has 2 fully saturated rings. The molecular formula is C27H28N8O3. The second kappa shape index (κ2) is 8.96. The number of benzene rings is 1. The topological polar surface area (TPSA) is 138 Å². The lowest BCUT2D eigenvalue weighted by Gasteiger charge is -2.17. The summed E-state index contributed by atoms with van der Waals surface area (Å²) < 4.78 is 16.0. The molecule has 11 nitrogen and oxygen atoms in total. The number of ether oxygens (including phenoxy) is 2. The molecule has 4 aromatic heterocycles. The van der Waals surface area contributed by atoms with Gasteiger partial charge < -0.3 is 30.2 Å². The Bertz CT molecular complexity index is 1640. The molecule has 0 spiro atoms. The van der Waals surface area contributed by atoms with E-state index >= 15 is 0 Å². The van der Waals surface area contributed by atoms with Crippen LogP contribution in [0.3, 0.4) is 0 Å². The highest BCUT2D eigenvalue weighted by Crippen LogP contribution is 2.38. The molecule has 194 valence electrons. The van der Waals surface area contributed by atoms with Gasteiger partial charge in [-0.1, -0.05) is 0 Å². The molecule has 1 saturated heterocycles. The third kappa shape index (κ3) is 4.19. The van der Waals surface area contributed by atoms with Crippen molar-refractivity contribution in [3.8, 4) is 17.0 Å². The minimum absolute atomic E-state index is 0.201. The van der Waals surface area contributed by atoms with Crippen molar-refractivity contribution in [1.82, 2.24) is 29.3 Å². The van der Waals surface area contributed by atoms with E-state index in [0.29, 0.717) is 35.1 Å². The fraction of sp³-hybridized carbons (Fsp3) is 0.333. The molecule has 1 aromatic carbocycles. The lowest BCUT2D eigenvalue weighted by molar-refractivity contribution is -0.0379. The summed E-state index contributed by atoms with van der Waals surface area (Å²) in [6.45, 7) is 0.201. The molecule has 38 heavy (non-hydrogen) atoms. The Morgan fingerprint density at radius 2 is 2.05 bits per heavy atom. The van der Waals surface area contributed by atoms with E-state index in [1.807, 2.05) is 54.3 Å². The molecule has 0 amide bonds. The van der Waals surface area contributed by atoms with E-state index in [4.69, 9.17) is 20.2 Å². The van der Waals surface area contributed by atoms with E-state index in [1.54, 1.807) is 4.68 Å². The van der Waals surface area contributed by atoms with E-state index in [-0.39, 0.29) is 6.61 Å². The van der Waals surface area contributed by atoms with Gasteiger partial charge >= 0.3 is 0 Å². The molecule has 1 saturated carbocycles. The maximum atomic E-state index is 10.8. The summed E-state index contributed by atoms with van der Waals surface area (Å²) in [6, 6.07) is 12.3. The van der Waals surface area contributed by atoms with Crippen LogP contribution in [0.4, 0.5) is 11.6 Å². The van der Waals surface area contributed by atoms with Crippen LogP contribution in [0.15, 0.2) is 55.1 Å². The summed E-state index contributed by atoms with van der Waals surface area (Å²) in [5.41, 5.74) is 9.30. The predicted octanol–water partition coefficient (Wildman–Crippen LogP) is 3.26. The first-order chi connectivity index (χ1) is 18.5. The molecule has 4 N–H and O–H groups in total. The molecule has 5 aromatic rings. The van der Waals surface area contributed by atoms with Crippen LogP contribution in [0.5, 0.6) is 5.75 Å². The number of aliphatic hydroxyl groups is 1. The van der Waals surface area contributed by atoms with Crippen LogP contribution in [0.25, 0.3) is 33.2 Å². The van der Waals surface area contributed by atoms with Gasteiger partial charge in [0.25, 0.3) is 0 Å². The van der Waals surface area contributed by atoms with Crippen molar-refractivity contribution in [3.05, 3.63) is 55.1 Å². The van der Waals surface area contributed by atoms with Gasteiger partial charge in [0.1, 0.15) is 48.3 Å². The number of rotatable bonds is 7. The molecular weight excluding hydrogens is 484 g/mol. The van der Waals surface area contributed by atoms with E-state index in [9.17, 15) is 5.11 Å². The number of nitrogens with two attached hydrogens (primary N) is 1. The third-order valence-electron chi connectivity index (χ3n) is 7.15. The molecule has 2 aliphatic rings. The molecule has 11 heteroatoms. The van der Waals surface area contributed by atoms with Crippen LogP contribution in [0.2, 0.25) is 0 Å². The number of hydrogen-bond acceptors (Lipinski definition) is 9. The summed E-state index contributed by atoms with van der Waals surface area (Å²) in [5, 5.41) is 20.5. The van der Waals surface area contributed by atoms with Gasteiger partial charge in [0.2, 0.25) is 0 Å². The average molecular weight is 513 g/mol. The normalized spacial score (nSPS) is 21.4. The summed E-state index contributed by atoms with van der Waals surface area (Å²) in [4.78, 5) is 13.4. The highest BCUT2D eigenvalue weighted by molar-refractivity contribution is 5.99. The largest absolute Gasteiger partial charge is 0.491 e. The first-order valence-electron chi connectivity index (χ1n) is 12.8. The quantitative estimate of drug-likeness (QED) is 0.300. The maximum absolute atomic E-state index is 10.8. The van der Waals surface area contributed by atoms with Gasteiger partial charge in [0, 0.05) is 48.9 Å². The van der Waals surface area contributed by atoms with Crippen LogP contribution in [-0.2, 0) is 11.8 Å². The Labute approximate surface area is 218 Å². The number of pyridine rings is 1. The lowest BCUT2D eigenvalue weighted by Crippen LogP contribution is -2.28. The Morgan fingerprint density at radius 1 is 1.18 bits per heavy atom. The first kappa shape index (κ1) is 22.9. The second-order valence-electron chi connectivity index (χ2n) is 10.00. The fourth-order valence-electron chi connectivity index (χ4n) is 5.00. The number of hydrogen-bond donors (Lipinski definition) is 3. The monoisotopic (exact) mass is 512 g/mol. The first-order valence-corrected chi connectivity index (χ1v) is 12.8. The zero-order chi connectivity index (χ0) is 25.8. The number of aliphatic hydroxyl groups excluding tert-OH is 1. The maximum Gasteiger partial charge on any atom is 0.148 e. The number of anilines is 2. The summed E-state index contributed by atoms with van der Waals surface area (Å²) in [6.07, 6.45) is 6.33. The number of nitrogens with zero attached hydrogens (tertiary/aromatic N) is 6. The number of aryl methyl sites for hydroxylation is 1. The molecule has 0 radical (unpaired) electrons. The lowest BCUT2D eigenvalue weighted by atomic mass is 10.2. The number of nitrogen functional groups attached to an aromatic ring is 1. The highest BCUT2D eigenvalue weighted by Gasteiger charge is 2.37. The van der Waals surface area contributed by atoms with Gasteiger partial charge in [-0.15, -0.1) is 0 Å². The average Bonchev–Trinajstić information content (AvgIpc) is 3.29. The van der Waals surface area contributed by atoms with Gasteiger partial charge in [-0.05, 0) is 43.2 Å². The zero-order valence-corrected chi connectivity index (χ0v) is 20.9. The molecule has 7 rings (SSSR count). The van der Waals surface area contributed by atoms with Gasteiger partial charge in [-0.3, -0.25) is 4.68 Å². The SMILES string of the molecule is Cn1ccc(-c2cn([C@H]3C[C@H](O)[C@@H](COc4ccc5ccc(NC6CC6)nc5c4)O3)c3ncnc(N)c23)n1. The smallest absolute Gasteiger partial charge is 0.148 e. The predicted molar refractivity (Wildman–Crippen MR) is 143 cm³/mol. The number of aromatic nitrogens is 6. The Kier molecular flexibility index (Phi) is 5.41. The van der Waals surface area contributed by atoms with Gasteiger partial charge in [-0.2, -0.15) is 5.10 Å². The summed E-state index contributed by atoms with van der Waals surface area (Å²) in [7, 11) is 1.86. The fourth-order valence-corrected chi connectivity index (χ4v) is 5.00. The standard InChI is InChI=1S/C27H28N8O3/c1-34-9-8-19(33-34)18-12-35(27-25(18)26(28)29-14-30-27)24-11-21(36)22(38-24)13-37-17-6-2-15-3-7-23(31-16-4-5-16)32-20(15)10-17/h2-3,6-10,12,14,16,21-22,24,36H,4-5,11,13H2,1H3,(H,31,32)(H2,28,29,30)/t21-,22+,24+/m0/s1. The van der Waals surface area contributed by atoms with Crippen LogP contribution in [-0.4, -0.2) is 59.3 Å². The van der Waals surface area contributed by atoms with Gasteiger partial charge in [0.05, 0.1) is 22.7 Å². The van der Waals surface area contributed by atoms with Crippen molar-refractivity contribution < 1.29 is 14.6 Å². The van der Waals surface area contributed by atoms with Crippen molar-refractivity contribution in [1.29, 1.82) is 0 Å². The molecule has 3 atom stereocenters. The van der Waals surface area contributed by atoms with E-state index in [1.165, 1.54) is 19.2 Å². The van der Waals surface area contributed by atoms with Crippen LogP contribution < -0.4 is 15.8 Å². The number of nitrogens with one attached hydrogen (secondary N) is 1. The Balaban J connectivity index is 1.10. The van der Waals surface area contributed by atoms with E-state index in [0.717, 1.165) is 28.0 Å². The minimum atomic E-state index is -0.706. The van der Waals surface area contributed by atoms with Gasteiger partial charge in [0.15, 0.2) is 0 Å². The van der Waals surface area contributed by atoms with E-state index in [2.05, 4.69) is 26.4 Å². The van der Waals surface area contributed by atoms with Crippen molar-refractivity contribution >= 4 is 33.6 Å². The van der Waals surface area contributed by atoms with Crippen molar-refractivity contribution in [3.63, 3.8) is 0 Å². The van der Waals surface area contributed by atoms with Crippen molar-refractivity contribution in [2.45, 2.75) is 43.7 Å². The molecule has 0 unspecified atom stereocenters. The molecule has 5 heterocycles. The second-order valence-corrected chi connectivity index (χ2v) is 10.00. The zero-order valence-electron chi connectivity index (χ0n) is 20.9. The van der Waals surface area contributed by atoms with Crippen LogP contribution >= 0.6 is 0 Å².